The highest BCUT2D eigenvalue weighted by Gasteiger charge is 2.07. The zero-order valence-electron chi connectivity index (χ0n) is 18.7. The number of halogens is 2. The van der Waals surface area contributed by atoms with Crippen molar-refractivity contribution >= 4 is 58.4 Å². The van der Waals surface area contributed by atoms with Crippen LogP contribution in [0.5, 0.6) is 0 Å². The summed E-state index contributed by atoms with van der Waals surface area (Å²) >= 11 is 12.5. The molecular weight excluding hydrogens is 475 g/mol. The van der Waals surface area contributed by atoms with Crippen molar-refractivity contribution in [3.8, 4) is 0 Å². The van der Waals surface area contributed by atoms with Gasteiger partial charge < -0.3 is 33.6 Å². The number of nitrogens with two attached hydrogens (primary N) is 4. The largest absolute Gasteiger partial charge is 0.370 e. The summed E-state index contributed by atoms with van der Waals surface area (Å²) in [6, 6.07) is 14.6. The second kappa shape index (κ2) is 14.6. The Hall–Kier alpha value is -3.50. The number of aliphatic imine (C=N–C) groups is 4. The van der Waals surface area contributed by atoms with Gasteiger partial charge in [-0.05, 0) is 37.1 Å². The van der Waals surface area contributed by atoms with E-state index in [4.69, 9.17) is 46.1 Å². The quantitative estimate of drug-likeness (QED) is 0.173. The fourth-order valence-corrected chi connectivity index (χ4v) is 3.12. The van der Waals surface area contributed by atoms with Gasteiger partial charge in [0.05, 0.1) is 21.4 Å². The highest BCUT2D eigenvalue weighted by Crippen LogP contribution is 2.23. The fraction of sp³-hybridized carbons (Fsp3) is 0.273. The van der Waals surface area contributed by atoms with E-state index in [0.717, 1.165) is 25.7 Å². The molecular formula is C22H30Cl2N10. The third-order valence-corrected chi connectivity index (χ3v) is 5.00. The minimum Gasteiger partial charge on any atom is -0.370 e. The van der Waals surface area contributed by atoms with Crippen LogP contribution in [0, 0.1) is 0 Å². The van der Waals surface area contributed by atoms with Gasteiger partial charge in [-0.15, -0.1) is 0 Å². The Morgan fingerprint density at radius 2 is 1.09 bits per heavy atom. The molecule has 182 valence electrons. The van der Waals surface area contributed by atoms with E-state index in [9.17, 15) is 0 Å². The van der Waals surface area contributed by atoms with Gasteiger partial charge in [0.25, 0.3) is 0 Å². The lowest BCUT2D eigenvalue weighted by Gasteiger charge is -2.14. The summed E-state index contributed by atoms with van der Waals surface area (Å²) in [6.07, 6.45) is 3.64. The van der Waals surface area contributed by atoms with Crippen molar-refractivity contribution < 1.29 is 0 Å². The van der Waals surface area contributed by atoms with E-state index in [1.54, 1.807) is 12.1 Å². The molecule has 0 aromatic heterocycles. The maximum absolute atomic E-state index is 6.27. The maximum atomic E-state index is 6.27. The number of nitrogens with one attached hydrogen (secondary N) is 2. The lowest BCUT2D eigenvalue weighted by atomic mass is 10.2. The van der Waals surface area contributed by atoms with Crippen LogP contribution in [0.4, 0.5) is 11.4 Å². The molecule has 10 N–H and O–H groups in total. The SMILES string of the molecule is NC(N)=NC(N)=NCCCCCCN=C(N)N=C(Nc1ccccc1Cl)Nc1ccccc1Cl. The Kier molecular flexibility index (Phi) is 11.5. The van der Waals surface area contributed by atoms with Crippen LogP contribution in [0.15, 0.2) is 68.5 Å². The molecule has 0 unspecified atom stereocenters. The zero-order valence-corrected chi connectivity index (χ0v) is 20.2. The topological polar surface area (TPSA) is 178 Å². The van der Waals surface area contributed by atoms with E-state index in [2.05, 4.69) is 30.6 Å². The van der Waals surface area contributed by atoms with Crippen LogP contribution in [0.2, 0.25) is 10.0 Å². The number of para-hydroxylation sites is 2. The highest BCUT2D eigenvalue weighted by atomic mass is 35.5. The predicted molar refractivity (Wildman–Crippen MR) is 145 cm³/mol. The molecule has 0 amide bonds. The van der Waals surface area contributed by atoms with Crippen molar-refractivity contribution in [2.45, 2.75) is 25.7 Å². The molecule has 0 saturated heterocycles. The second-order valence-electron chi connectivity index (χ2n) is 7.10. The highest BCUT2D eigenvalue weighted by molar-refractivity contribution is 6.35. The molecule has 0 aliphatic carbocycles. The minimum absolute atomic E-state index is 0.0850. The van der Waals surface area contributed by atoms with E-state index in [1.807, 2.05) is 36.4 Å². The molecule has 0 saturated carbocycles. The van der Waals surface area contributed by atoms with Gasteiger partial charge in [0.15, 0.2) is 5.96 Å². The molecule has 0 aliphatic heterocycles. The summed E-state index contributed by atoms with van der Waals surface area (Å²) in [5.74, 6) is 0.455. The lowest BCUT2D eigenvalue weighted by Crippen LogP contribution is -2.26. The van der Waals surface area contributed by atoms with Crippen LogP contribution >= 0.6 is 23.2 Å². The monoisotopic (exact) mass is 504 g/mol. The van der Waals surface area contributed by atoms with Crippen molar-refractivity contribution in [2.24, 2.45) is 42.9 Å². The molecule has 2 aromatic carbocycles. The van der Waals surface area contributed by atoms with Gasteiger partial charge in [0.1, 0.15) is 0 Å². The summed E-state index contributed by atoms with van der Waals surface area (Å²) in [5, 5.41) is 7.35. The second-order valence-corrected chi connectivity index (χ2v) is 7.92. The summed E-state index contributed by atoms with van der Waals surface area (Å²) in [7, 11) is 0. The Bertz CT molecular complexity index is 996. The van der Waals surface area contributed by atoms with Gasteiger partial charge in [-0.2, -0.15) is 9.98 Å². The van der Waals surface area contributed by atoms with Crippen molar-refractivity contribution in [2.75, 3.05) is 23.7 Å². The molecule has 12 heteroatoms. The van der Waals surface area contributed by atoms with Gasteiger partial charge in [-0.3, -0.25) is 9.98 Å². The number of benzene rings is 2. The number of unbranched alkanes of at least 4 members (excludes halogenated alkanes) is 3. The van der Waals surface area contributed by atoms with E-state index in [-0.39, 0.29) is 17.9 Å². The molecule has 34 heavy (non-hydrogen) atoms. The van der Waals surface area contributed by atoms with E-state index in [0.29, 0.717) is 40.5 Å². The molecule has 0 aliphatic rings. The van der Waals surface area contributed by atoms with Crippen LogP contribution in [0.3, 0.4) is 0 Å². The Balaban J connectivity index is 1.91. The van der Waals surface area contributed by atoms with Crippen LogP contribution < -0.4 is 33.6 Å². The molecule has 2 aromatic rings. The molecule has 0 radical (unpaired) electrons. The molecule has 0 fully saturated rings. The van der Waals surface area contributed by atoms with Crippen molar-refractivity contribution in [1.29, 1.82) is 0 Å². The smallest absolute Gasteiger partial charge is 0.218 e. The molecule has 0 atom stereocenters. The first-order valence-electron chi connectivity index (χ1n) is 10.7. The normalized spacial score (nSPS) is 11.6. The molecule has 10 nitrogen and oxygen atoms in total. The third kappa shape index (κ3) is 10.4. The van der Waals surface area contributed by atoms with E-state index in [1.165, 1.54) is 0 Å². The first-order chi connectivity index (χ1) is 16.3. The van der Waals surface area contributed by atoms with Crippen molar-refractivity contribution in [1.82, 2.24) is 0 Å². The molecule has 0 bridgehead atoms. The number of guanidine groups is 4. The Morgan fingerprint density at radius 1 is 0.647 bits per heavy atom. The summed E-state index contributed by atoms with van der Waals surface area (Å²) in [4.78, 5) is 16.5. The molecule has 0 heterocycles. The predicted octanol–water partition coefficient (Wildman–Crippen LogP) is 3.34. The standard InChI is InChI=1S/C22H30Cl2N10/c23-15-9-3-5-11-17(15)31-22(32-18-12-6-4-10-16(18)24)34-21(28)30-14-8-2-1-7-13-29-20(27)33-19(25)26/h3-6,9-12H,1-2,7-8,13-14H2,(H6,25,26,27,29,33)(H4,28,30,31,32,34). The number of rotatable bonds is 9. The van der Waals surface area contributed by atoms with Crippen LogP contribution in [-0.2, 0) is 0 Å². The van der Waals surface area contributed by atoms with Gasteiger partial charge in [-0.25, -0.2) is 0 Å². The summed E-state index contributed by atoms with van der Waals surface area (Å²) in [6.45, 7) is 1.10. The lowest BCUT2D eigenvalue weighted by molar-refractivity contribution is 0.653. The van der Waals surface area contributed by atoms with Crippen LogP contribution in [0.1, 0.15) is 25.7 Å². The van der Waals surface area contributed by atoms with Gasteiger partial charge >= 0.3 is 0 Å². The molecule has 0 spiro atoms. The molecule has 2 rings (SSSR count). The Morgan fingerprint density at radius 3 is 1.53 bits per heavy atom. The number of anilines is 2. The number of nitrogens with zero attached hydrogens (tertiary/aromatic N) is 4. The first-order valence-corrected chi connectivity index (χ1v) is 11.4. The van der Waals surface area contributed by atoms with Gasteiger partial charge in [0, 0.05) is 13.1 Å². The fourth-order valence-electron chi connectivity index (χ4n) is 2.75. The van der Waals surface area contributed by atoms with Crippen molar-refractivity contribution in [3.05, 3.63) is 58.6 Å². The average molecular weight is 505 g/mol. The average Bonchev–Trinajstić information content (AvgIpc) is 2.78. The number of hydrogen-bond donors (Lipinski definition) is 6. The van der Waals surface area contributed by atoms with Gasteiger partial charge in [0.2, 0.25) is 17.9 Å². The minimum atomic E-state index is -0.105. The van der Waals surface area contributed by atoms with Crippen LogP contribution in [0.25, 0.3) is 0 Å². The third-order valence-electron chi connectivity index (χ3n) is 4.34. The maximum Gasteiger partial charge on any atom is 0.218 e. The Labute approximate surface area is 209 Å². The van der Waals surface area contributed by atoms with E-state index < -0.39 is 0 Å². The van der Waals surface area contributed by atoms with Gasteiger partial charge in [-0.1, -0.05) is 60.3 Å². The first kappa shape index (κ1) is 26.7. The summed E-state index contributed by atoms with van der Waals surface area (Å²) in [5.41, 5.74) is 23.4. The van der Waals surface area contributed by atoms with E-state index >= 15 is 0 Å². The zero-order chi connectivity index (χ0) is 24.8. The van der Waals surface area contributed by atoms with Crippen LogP contribution in [-0.4, -0.2) is 36.9 Å². The van der Waals surface area contributed by atoms with Crippen molar-refractivity contribution in [3.63, 3.8) is 0 Å². The number of hydrogen-bond acceptors (Lipinski definition) is 2. The summed E-state index contributed by atoms with van der Waals surface area (Å²) < 4.78 is 0.